The zero-order valence-electron chi connectivity index (χ0n) is 6.60. The third-order valence-electron chi connectivity index (χ3n) is 1.43. The van der Waals surface area contributed by atoms with Crippen LogP contribution in [0.2, 0.25) is 0 Å². The lowest BCUT2D eigenvalue weighted by Gasteiger charge is -2.03. The zero-order chi connectivity index (χ0) is 9.90. The maximum atomic E-state index is 11.7. The molecule has 0 saturated heterocycles. The minimum atomic E-state index is -4.24. The lowest BCUT2D eigenvalue weighted by Crippen LogP contribution is -2.10. The second kappa shape index (κ2) is 3.91. The molecule has 0 radical (unpaired) electrons. The fraction of sp³-hybridized carbons (Fsp3) is 0.375. The third-order valence-corrected chi connectivity index (χ3v) is 2.34. The molecule has 1 aromatic heterocycles. The summed E-state index contributed by atoms with van der Waals surface area (Å²) >= 11 is 1.16. The maximum Gasteiger partial charge on any atom is 0.389 e. The van der Waals surface area contributed by atoms with Crippen molar-refractivity contribution in [3.8, 4) is 0 Å². The van der Waals surface area contributed by atoms with Crippen LogP contribution in [0.25, 0.3) is 0 Å². The average Bonchev–Trinajstić information content (AvgIpc) is 2.50. The Kier molecular flexibility index (Phi) is 3.08. The van der Waals surface area contributed by atoms with E-state index in [1.165, 1.54) is 6.07 Å². The molecule has 0 N–H and O–H groups in total. The Morgan fingerprint density at radius 3 is 2.62 bits per heavy atom. The Morgan fingerprint density at radius 1 is 1.46 bits per heavy atom. The number of alkyl halides is 3. The lowest BCUT2D eigenvalue weighted by molar-refractivity contribution is -0.133. The van der Waals surface area contributed by atoms with Gasteiger partial charge in [0.15, 0.2) is 5.78 Å². The molecule has 0 aliphatic carbocycles. The lowest BCUT2D eigenvalue weighted by atomic mass is 10.2. The van der Waals surface area contributed by atoms with E-state index in [9.17, 15) is 18.0 Å². The van der Waals surface area contributed by atoms with Gasteiger partial charge in [0, 0.05) is 6.42 Å². The van der Waals surface area contributed by atoms with Crippen LogP contribution in [0.1, 0.15) is 22.5 Å². The Labute approximate surface area is 77.2 Å². The molecule has 0 aliphatic heterocycles. The first kappa shape index (κ1) is 10.2. The van der Waals surface area contributed by atoms with Gasteiger partial charge < -0.3 is 0 Å². The quantitative estimate of drug-likeness (QED) is 0.697. The second-order valence-electron chi connectivity index (χ2n) is 2.52. The molecule has 0 fully saturated rings. The van der Waals surface area contributed by atoms with Crippen LogP contribution in [0.5, 0.6) is 0 Å². The first-order valence-electron chi connectivity index (χ1n) is 3.62. The smallest absolute Gasteiger partial charge is 0.293 e. The van der Waals surface area contributed by atoms with E-state index < -0.39 is 24.8 Å². The molecule has 0 amide bonds. The molecule has 0 spiro atoms. The van der Waals surface area contributed by atoms with E-state index in [2.05, 4.69) is 0 Å². The van der Waals surface area contributed by atoms with Crippen molar-refractivity contribution in [1.29, 1.82) is 0 Å². The minimum absolute atomic E-state index is 0.393. The number of hydrogen-bond acceptors (Lipinski definition) is 2. The van der Waals surface area contributed by atoms with E-state index in [0.717, 1.165) is 11.3 Å². The standard InChI is InChI=1S/C8H7F3OS/c9-8(10,11)4-3-6(12)7-2-1-5-13-7/h1-2,5H,3-4H2. The van der Waals surface area contributed by atoms with Gasteiger partial charge in [-0.15, -0.1) is 11.3 Å². The minimum Gasteiger partial charge on any atom is -0.293 e. The highest BCUT2D eigenvalue weighted by atomic mass is 32.1. The molecule has 0 aliphatic rings. The van der Waals surface area contributed by atoms with E-state index in [-0.39, 0.29) is 0 Å². The Morgan fingerprint density at radius 2 is 2.15 bits per heavy atom. The van der Waals surface area contributed by atoms with Gasteiger partial charge in [0.1, 0.15) is 0 Å². The number of rotatable bonds is 3. The number of ketones is 1. The van der Waals surface area contributed by atoms with E-state index in [1.807, 2.05) is 0 Å². The SMILES string of the molecule is O=C(CCC(F)(F)F)c1cccs1. The zero-order valence-corrected chi connectivity index (χ0v) is 7.41. The normalized spacial score (nSPS) is 11.6. The Bertz CT molecular complexity index is 276. The number of carbonyl (C=O) groups excluding carboxylic acids is 1. The van der Waals surface area contributed by atoms with Crippen LogP contribution < -0.4 is 0 Å². The summed E-state index contributed by atoms with van der Waals surface area (Å²) in [6, 6.07) is 3.18. The molecule has 0 aromatic carbocycles. The van der Waals surface area contributed by atoms with Crippen molar-refractivity contribution >= 4 is 17.1 Å². The molecular formula is C8H7F3OS. The van der Waals surface area contributed by atoms with E-state index in [4.69, 9.17) is 0 Å². The maximum absolute atomic E-state index is 11.7. The van der Waals surface area contributed by atoms with E-state index in [1.54, 1.807) is 11.4 Å². The van der Waals surface area contributed by atoms with Gasteiger partial charge >= 0.3 is 6.18 Å². The predicted octanol–water partition coefficient (Wildman–Crippen LogP) is 3.27. The van der Waals surface area contributed by atoms with Crippen molar-refractivity contribution in [1.82, 2.24) is 0 Å². The molecule has 1 aromatic rings. The largest absolute Gasteiger partial charge is 0.389 e. The van der Waals surface area contributed by atoms with Gasteiger partial charge in [-0.3, -0.25) is 4.79 Å². The van der Waals surface area contributed by atoms with Gasteiger partial charge in [-0.1, -0.05) is 6.07 Å². The van der Waals surface area contributed by atoms with Crippen molar-refractivity contribution in [3.63, 3.8) is 0 Å². The summed E-state index contributed by atoms with van der Waals surface area (Å²) in [6.07, 6.45) is -5.74. The van der Waals surface area contributed by atoms with Crippen LogP contribution >= 0.6 is 11.3 Å². The van der Waals surface area contributed by atoms with Crippen molar-refractivity contribution in [2.24, 2.45) is 0 Å². The molecule has 1 rings (SSSR count). The van der Waals surface area contributed by atoms with Gasteiger partial charge in [-0.05, 0) is 11.4 Å². The van der Waals surface area contributed by atoms with Crippen LogP contribution in [0, 0.1) is 0 Å². The molecular weight excluding hydrogens is 201 g/mol. The molecule has 5 heteroatoms. The first-order chi connectivity index (χ1) is 5.99. The fourth-order valence-electron chi connectivity index (χ4n) is 0.816. The van der Waals surface area contributed by atoms with Crippen molar-refractivity contribution in [2.75, 3.05) is 0 Å². The summed E-state index contributed by atoms with van der Waals surface area (Å²) in [7, 11) is 0. The van der Waals surface area contributed by atoms with Gasteiger partial charge in [0.25, 0.3) is 0 Å². The van der Waals surface area contributed by atoms with Gasteiger partial charge in [-0.2, -0.15) is 13.2 Å². The van der Waals surface area contributed by atoms with Gasteiger partial charge in [-0.25, -0.2) is 0 Å². The molecule has 0 saturated carbocycles. The fourth-order valence-corrected chi connectivity index (χ4v) is 1.51. The monoisotopic (exact) mass is 208 g/mol. The van der Waals surface area contributed by atoms with Crippen LogP contribution in [-0.4, -0.2) is 12.0 Å². The van der Waals surface area contributed by atoms with Crippen LogP contribution in [0.4, 0.5) is 13.2 Å². The number of carbonyl (C=O) groups is 1. The van der Waals surface area contributed by atoms with Gasteiger partial charge in [0.05, 0.1) is 11.3 Å². The van der Waals surface area contributed by atoms with Crippen molar-refractivity contribution in [2.45, 2.75) is 19.0 Å². The van der Waals surface area contributed by atoms with Crippen molar-refractivity contribution < 1.29 is 18.0 Å². The third kappa shape index (κ3) is 3.59. The molecule has 0 atom stereocenters. The first-order valence-corrected chi connectivity index (χ1v) is 4.50. The molecule has 13 heavy (non-hydrogen) atoms. The second-order valence-corrected chi connectivity index (χ2v) is 3.46. The molecule has 0 unspecified atom stereocenters. The number of halogens is 3. The van der Waals surface area contributed by atoms with Crippen LogP contribution in [-0.2, 0) is 0 Å². The summed E-state index contributed by atoms with van der Waals surface area (Å²) in [6.45, 7) is 0. The Hall–Kier alpha value is -0.840. The summed E-state index contributed by atoms with van der Waals surface area (Å²) in [5.74, 6) is -0.438. The van der Waals surface area contributed by atoms with E-state index in [0.29, 0.717) is 4.88 Å². The summed E-state index contributed by atoms with van der Waals surface area (Å²) < 4.78 is 35.1. The summed E-state index contributed by atoms with van der Waals surface area (Å²) in [4.78, 5) is 11.5. The molecule has 1 nitrogen and oxygen atoms in total. The highest BCUT2D eigenvalue weighted by molar-refractivity contribution is 7.12. The summed E-state index contributed by atoms with van der Waals surface area (Å²) in [5, 5.41) is 1.67. The molecule has 72 valence electrons. The van der Waals surface area contributed by atoms with Crippen LogP contribution in [0.15, 0.2) is 17.5 Å². The van der Waals surface area contributed by atoms with Gasteiger partial charge in [0.2, 0.25) is 0 Å². The Balaban J connectivity index is 2.44. The topological polar surface area (TPSA) is 17.1 Å². The summed E-state index contributed by atoms with van der Waals surface area (Å²) in [5.41, 5.74) is 0. The highest BCUT2D eigenvalue weighted by Crippen LogP contribution is 2.23. The molecule has 1 heterocycles. The number of hydrogen-bond donors (Lipinski definition) is 0. The van der Waals surface area contributed by atoms with E-state index >= 15 is 0 Å². The number of thiophene rings is 1. The average molecular weight is 208 g/mol. The van der Waals surface area contributed by atoms with Crippen LogP contribution in [0.3, 0.4) is 0 Å². The number of Topliss-reactive ketones (excluding diaryl/α,β-unsaturated/α-hetero) is 1. The molecule has 0 bridgehead atoms. The van der Waals surface area contributed by atoms with Crippen molar-refractivity contribution in [3.05, 3.63) is 22.4 Å². The predicted molar refractivity (Wildman–Crippen MR) is 43.9 cm³/mol. The highest BCUT2D eigenvalue weighted by Gasteiger charge is 2.28.